The first-order valence-electron chi connectivity index (χ1n) is 5.12. The lowest BCUT2D eigenvalue weighted by atomic mass is 10.1. The van der Waals surface area contributed by atoms with E-state index < -0.39 is 0 Å². The average Bonchev–Trinajstić information content (AvgIpc) is 2.84. The van der Waals surface area contributed by atoms with Gasteiger partial charge in [-0.1, -0.05) is 0 Å². The van der Waals surface area contributed by atoms with E-state index in [4.69, 9.17) is 4.42 Å². The van der Waals surface area contributed by atoms with Gasteiger partial charge in [0.2, 0.25) is 0 Å². The lowest BCUT2D eigenvalue weighted by Crippen LogP contribution is -2.35. The van der Waals surface area contributed by atoms with E-state index in [0.717, 1.165) is 16.3 Å². The Morgan fingerprint density at radius 3 is 2.88 bits per heavy atom. The van der Waals surface area contributed by atoms with Gasteiger partial charge in [0, 0.05) is 18.3 Å². The van der Waals surface area contributed by atoms with Crippen molar-refractivity contribution >= 4 is 11.3 Å². The molecule has 2 aromatic rings. The molecular weight excluding hydrogens is 222 g/mol. The Bertz CT molecular complexity index is 442. The van der Waals surface area contributed by atoms with Gasteiger partial charge in [-0.05, 0) is 20.8 Å². The van der Waals surface area contributed by atoms with Crippen LogP contribution in [0, 0.1) is 0 Å². The summed E-state index contributed by atoms with van der Waals surface area (Å²) in [4.78, 5) is 9.28. The van der Waals surface area contributed by atoms with Crippen molar-refractivity contribution in [1.29, 1.82) is 0 Å². The lowest BCUT2D eigenvalue weighted by molar-refractivity contribution is 0.421. The van der Waals surface area contributed by atoms with Crippen LogP contribution >= 0.6 is 11.3 Å². The van der Waals surface area contributed by atoms with E-state index in [1.165, 1.54) is 6.39 Å². The van der Waals surface area contributed by atoms with Crippen LogP contribution in [0.3, 0.4) is 0 Å². The molecule has 0 radical (unpaired) electrons. The van der Waals surface area contributed by atoms with E-state index >= 15 is 0 Å². The van der Waals surface area contributed by atoms with Crippen LogP contribution in [-0.2, 0) is 6.54 Å². The highest BCUT2D eigenvalue weighted by atomic mass is 32.1. The summed E-state index contributed by atoms with van der Waals surface area (Å²) in [5, 5.41) is 3.39. The van der Waals surface area contributed by atoms with E-state index in [1.54, 1.807) is 23.0 Å². The highest BCUT2D eigenvalue weighted by Crippen LogP contribution is 2.26. The minimum absolute atomic E-state index is 0.0733. The second-order valence-corrected chi connectivity index (χ2v) is 5.48. The molecule has 16 heavy (non-hydrogen) atoms. The third-order valence-electron chi connectivity index (χ3n) is 2.08. The predicted molar refractivity (Wildman–Crippen MR) is 64.2 cm³/mol. The number of hydrogen-bond acceptors (Lipinski definition) is 5. The van der Waals surface area contributed by atoms with Crippen LogP contribution in [0.4, 0.5) is 0 Å². The molecule has 0 aliphatic carbocycles. The minimum atomic E-state index is 0.0733. The molecule has 0 amide bonds. The Labute approximate surface area is 98.7 Å². The SMILES string of the molecule is CC(C)(C)NCc1ncoc1-c1cncs1. The monoisotopic (exact) mass is 237 g/mol. The highest BCUT2D eigenvalue weighted by molar-refractivity contribution is 7.13. The molecule has 0 fully saturated rings. The molecule has 2 aromatic heterocycles. The predicted octanol–water partition coefficient (Wildman–Crippen LogP) is 2.69. The van der Waals surface area contributed by atoms with Crippen molar-refractivity contribution in [2.75, 3.05) is 0 Å². The number of nitrogens with one attached hydrogen (secondary N) is 1. The Balaban J connectivity index is 2.14. The Hall–Kier alpha value is -1.20. The Morgan fingerprint density at radius 1 is 1.44 bits per heavy atom. The molecule has 5 heteroatoms. The van der Waals surface area contributed by atoms with Crippen LogP contribution in [0.2, 0.25) is 0 Å². The molecule has 0 atom stereocenters. The van der Waals surface area contributed by atoms with Gasteiger partial charge in [-0.15, -0.1) is 11.3 Å². The van der Waals surface area contributed by atoms with E-state index in [2.05, 4.69) is 36.1 Å². The van der Waals surface area contributed by atoms with E-state index in [1.807, 2.05) is 0 Å². The van der Waals surface area contributed by atoms with Crippen molar-refractivity contribution in [3.63, 3.8) is 0 Å². The first kappa shape index (κ1) is 11.3. The lowest BCUT2D eigenvalue weighted by Gasteiger charge is -2.19. The van der Waals surface area contributed by atoms with Crippen molar-refractivity contribution in [2.24, 2.45) is 0 Å². The third kappa shape index (κ3) is 2.68. The summed E-state index contributed by atoms with van der Waals surface area (Å²) in [5.74, 6) is 0.819. The van der Waals surface area contributed by atoms with E-state index in [-0.39, 0.29) is 5.54 Å². The summed E-state index contributed by atoms with van der Waals surface area (Å²) in [6.45, 7) is 7.07. The van der Waals surface area contributed by atoms with Crippen molar-refractivity contribution < 1.29 is 4.42 Å². The Morgan fingerprint density at radius 2 is 2.25 bits per heavy atom. The molecule has 0 unspecified atom stereocenters. The maximum atomic E-state index is 5.39. The third-order valence-corrected chi connectivity index (χ3v) is 2.86. The summed E-state index contributed by atoms with van der Waals surface area (Å²) >= 11 is 1.56. The standard InChI is InChI=1S/C11H15N3OS/c1-11(2,3)14-4-8-10(15-6-13-8)9-5-12-7-16-9/h5-7,14H,4H2,1-3H3. The molecule has 86 valence electrons. The fourth-order valence-electron chi connectivity index (χ4n) is 1.27. The molecule has 0 aromatic carbocycles. The van der Waals surface area contributed by atoms with Crippen molar-refractivity contribution in [3.8, 4) is 10.6 Å². The number of nitrogens with zero attached hydrogens (tertiary/aromatic N) is 2. The zero-order valence-corrected chi connectivity index (χ0v) is 10.5. The summed E-state index contributed by atoms with van der Waals surface area (Å²) < 4.78 is 5.39. The molecule has 0 aliphatic heterocycles. The van der Waals surface area contributed by atoms with Gasteiger partial charge in [0.05, 0.1) is 10.4 Å². The highest BCUT2D eigenvalue weighted by Gasteiger charge is 2.15. The second-order valence-electron chi connectivity index (χ2n) is 4.60. The number of rotatable bonds is 3. The van der Waals surface area contributed by atoms with Crippen LogP contribution < -0.4 is 5.32 Å². The molecular formula is C11H15N3OS. The number of hydrogen-bond donors (Lipinski definition) is 1. The maximum absolute atomic E-state index is 5.39. The average molecular weight is 237 g/mol. The smallest absolute Gasteiger partial charge is 0.181 e. The normalized spacial score (nSPS) is 11.9. The van der Waals surface area contributed by atoms with Crippen LogP contribution in [-0.4, -0.2) is 15.5 Å². The largest absolute Gasteiger partial charge is 0.442 e. The van der Waals surface area contributed by atoms with Crippen LogP contribution in [0.1, 0.15) is 26.5 Å². The van der Waals surface area contributed by atoms with Crippen molar-refractivity contribution in [1.82, 2.24) is 15.3 Å². The van der Waals surface area contributed by atoms with Gasteiger partial charge >= 0.3 is 0 Å². The van der Waals surface area contributed by atoms with Gasteiger partial charge in [-0.2, -0.15) is 0 Å². The van der Waals surface area contributed by atoms with Gasteiger partial charge in [-0.3, -0.25) is 4.98 Å². The minimum Gasteiger partial charge on any atom is -0.442 e. The summed E-state index contributed by atoms with van der Waals surface area (Å²) in [5.41, 5.74) is 2.79. The summed E-state index contributed by atoms with van der Waals surface area (Å²) in [6.07, 6.45) is 3.28. The molecule has 0 saturated heterocycles. The zero-order chi connectivity index (χ0) is 11.6. The first-order chi connectivity index (χ1) is 7.56. The van der Waals surface area contributed by atoms with E-state index in [0.29, 0.717) is 6.54 Å². The zero-order valence-electron chi connectivity index (χ0n) is 9.65. The fourth-order valence-corrected chi connectivity index (χ4v) is 1.90. The van der Waals surface area contributed by atoms with Gasteiger partial charge in [0.1, 0.15) is 5.69 Å². The number of oxazole rings is 1. The maximum Gasteiger partial charge on any atom is 0.181 e. The molecule has 2 heterocycles. The number of aromatic nitrogens is 2. The molecule has 0 aliphatic rings. The quantitative estimate of drug-likeness (QED) is 0.891. The van der Waals surface area contributed by atoms with Gasteiger partial charge in [-0.25, -0.2) is 4.98 Å². The molecule has 0 spiro atoms. The van der Waals surface area contributed by atoms with Crippen molar-refractivity contribution in [2.45, 2.75) is 32.9 Å². The van der Waals surface area contributed by atoms with Crippen molar-refractivity contribution in [3.05, 3.63) is 23.8 Å². The first-order valence-corrected chi connectivity index (χ1v) is 6.00. The molecule has 0 bridgehead atoms. The topological polar surface area (TPSA) is 51.0 Å². The summed E-state index contributed by atoms with van der Waals surface area (Å²) in [7, 11) is 0. The van der Waals surface area contributed by atoms with Gasteiger partial charge < -0.3 is 9.73 Å². The molecule has 2 rings (SSSR count). The van der Waals surface area contributed by atoms with Gasteiger partial charge in [0.25, 0.3) is 0 Å². The molecule has 4 nitrogen and oxygen atoms in total. The Kier molecular flexibility index (Phi) is 3.07. The summed E-state index contributed by atoms with van der Waals surface area (Å²) in [6, 6.07) is 0. The molecule has 0 saturated carbocycles. The fraction of sp³-hybridized carbons (Fsp3) is 0.455. The van der Waals surface area contributed by atoms with Crippen LogP contribution in [0.15, 0.2) is 22.5 Å². The number of thiazole rings is 1. The van der Waals surface area contributed by atoms with Crippen LogP contribution in [0.25, 0.3) is 10.6 Å². The second kappa shape index (κ2) is 4.35. The van der Waals surface area contributed by atoms with E-state index in [9.17, 15) is 0 Å². The molecule has 1 N–H and O–H groups in total. The van der Waals surface area contributed by atoms with Gasteiger partial charge in [0.15, 0.2) is 12.2 Å². The van der Waals surface area contributed by atoms with Crippen LogP contribution in [0.5, 0.6) is 0 Å².